The predicted molar refractivity (Wildman–Crippen MR) is 132 cm³/mol. The fraction of sp³-hybridized carbons (Fsp3) is 0.500. The van der Waals surface area contributed by atoms with Gasteiger partial charge < -0.3 is 23.6 Å². The van der Waals surface area contributed by atoms with Gasteiger partial charge in [0.05, 0.1) is 12.7 Å². The number of carbonyl (C=O) groups excluding carboxylic acids is 1. The summed E-state index contributed by atoms with van der Waals surface area (Å²) in [7, 11) is 0. The number of aromatic nitrogens is 2. The van der Waals surface area contributed by atoms with Crippen LogP contribution in [0.5, 0.6) is 5.75 Å². The highest BCUT2D eigenvalue weighted by molar-refractivity contribution is 8.09. The lowest BCUT2D eigenvalue weighted by Gasteiger charge is -2.32. The second-order valence-electron chi connectivity index (χ2n) is 8.67. The van der Waals surface area contributed by atoms with Crippen molar-refractivity contribution in [3.05, 3.63) is 63.4 Å². The molecule has 0 saturated carbocycles. The minimum Gasteiger partial charge on any atom is -0.462 e. The number of aliphatic hydroxyl groups is 1. The molecule has 0 spiro atoms. The molecule has 0 radical (unpaired) electrons. The number of nitrogens with zero attached hydrogens (tertiary/aromatic N) is 1. The zero-order valence-corrected chi connectivity index (χ0v) is 21.9. The summed E-state index contributed by atoms with van der Waals surface area (Å²) in [5.74, 6) is -0.392. The van der Waals surface area contributed by atoms with Crippen LogP contribution in [-0.4, -0.2) is 57.5 Å². The Kier molecular flexibility index (Phi) is 9.37. The number of para-hydroxylation sites is 1. The van der Waals surface area contributed by atoms with Gasteiger partial charge in [0, 0.05) is 18.7 Å². The smallest absolute Gasteiger partial charge is 0.330 e. The van der Waals surface area contributed by atoms with Gasteiger partial charge in [-0.2, -0.15) is 0 Å². The zero-order chi connectivity index (χ0) is 27.4. The molecule has 5 atom stereocenters. The van der Waals surface area contributed by atoms with Crippen LogP contribution >= 0.6 is 6.64 Å². The van der Waals surface area contributed by atoms with Crippen molar-refractivity contribution >= 4 is 24.4 Å². The summed E-state index contributed by atoms with van der Waals surface area (Å²) in [6, 6.07) is 8.17. The number of aliphatic hydroxyl groups excluding tert-OH is 1. The number of benzene rings is 1. The summed E-state index contributed by atoms with van der Waals surface area (Å²) in [4.78, 5) is 37.8. The number of alkyl halides is 2. The number of esters is 1. The van der Waals surface area contributed by atoms with E-state index in [0.29, 0.717) is 0 Å². The van der Waals surface area contributed by atoms with Crippen LogP contribution in [-0.2, 0) is 30.6 Å². The maximum absolute atomic E-state index is 14.3. The first-order valence-electron chi connectivity index (χ1n) is 11.3. The first-order valence-corrected chi connectivity index (χ1v) is 13.9. The maximum atomic E-state index is 14.3. The maximum Gasteiger partial charge on any atom is 0.330 e. The highest BCUT2D eigenvalue weighted by Gasteiger charge is 2.54. The lowest BCUT2D eigenvalue weighted by Crippen LogP contribution is -2.44. The molecule has 204 valence electrons. The molecule has 1 unspecified atom stereocenters. The van der Waals surface area contributed by atoms with E-state index in [2.05, 4.69) is 5.09 Å². The zero-order valence-electron chi connectivity index (χ0n) is 20.2. The fourth-order valence-electron chi connectivity index (χ4n) is 3.52. The topological polar surface area (TPSA) is 141 Å². The molecule has 3 N–H and O–H groups in total. The quantitative estimate of drug-likeness (QED) is 0.275. The molecule has 1 aliphatic rings. The van der Waals surface area contributed by atoms with Gasteiger partial charge in [-0.05, 0) is 44.7 Å². The number of hydrogen-bond acceptors (Lipinski definition) is 9. The average molecular weight is 564 g/mol. The Hall–Kier alpha value is -2.48. The van der Waals surface area contributed by atoms with Crippen molar-refractivity contribution in [2.75, 3.05) is 6.61 Å². The fourth-order valence-corrected chi connectivity index (χ4v) is 5.95. The Balaban J connectivity index is 1.85. The van der Waals surface area contributed by atoms with Crippen LogP contribution in [0.15, 0.2) is 52.2 Å². The van der Waals surface area contributed by atoms with E-state index in [-0.39, 0.29) is 5.75 Å². The highest BCUT2D eigenvalue weighted by Crippen LogP contribution is 2.49. The minimum absolute atomic E-state index is 0.263. The van der Waals surface area contributed by atoms with Crippen LogP contribution in [0.25, 0.3) is 0 Å². The number of rotatable bonds is 11. The van der Waals surface area contributed by atoms with E-state index in [4.69, 9.17) is 30.3 Å². The predicted octanol–water partition coefficient (Wildman–Crippen LogP) is 2.07. The molecule has 1 fully saturated rings. The Morgan fingerprint density at radius 2 is 1.97 bits per heavy atom. The Labute approximate surface area is 215 Å². The van der Waals surface area contributed by atoms with Gasteiger partial charge in [-0.1, -0.05) is 18.2 Å². The number of H-pyrrole nitrogens is 1. The molecule has 11 nitrogen and oxygen atoms in total. The first-order chi connectivity index (χ1) is 17.3. The van der Waals surface area contributed by atoms with E-state index in [1.165, 1.54) is 6.92 Å². The third-order valence-corrected chi connectivity index (χ3v) is 7.75. The van der Waals surface area contributed by atoms with Crippen molar-refractivity contribution in [2.24, 2.45) is 0 Å². The standard InChI is InChI=1S/C22H28F2N3O8PS/c1-13(2)33-19(30)14(3)26-36(37,35-15-7-5-4-6-8-15)32-12-22(20(23)24)11-16(28)18(34-22)27-10-9-17(29)25-21(27)31/h4-10,13-14,16,18,20,28H,11-12H2,1-3H3,(H,26,37)(H,25,29,31)/t14-,16+,18+,22-,36?/m0/s1. The normalized spacial score (nSPS) is 24.1. The summed E-state index contributed by atoms with van der Waals surface area (Å²) in [6.07, 6.45) is -6.23. The van der Waals surface area contributed by atoms with Crippen molar-refractivity contribution in [3.63, 3.8) is 0 Å². The van der Waals surface area contributed by atoms with E-state index in [0.717, 1.165) is 16.8 Å². The molecule has 2 aromatic rings. The van der Waals surface area contributed by atoms with E-state index >= 15 is 0 Å². The second kappa shape index (κ2) is 11.9. The molecule has 3 rings (SSSR count). The lowest BCUT2D eigenvalue weighted by molar-refractivity contribution is -0.169. The molecule has 0 bridgehead atoms. The monoisotopic (exact) mass is 563 g/mol. The van der Waals surface area contributed by atoms with Gasteiger partial charge >= 0.3 is 18.3 Å². The van der Waals surface area contributed by atoms with Gasteiger partial charge in [0.25, 0.3) is 12.0 Å². The van der Waals surface area contributed by atoms with Gasteiger partial charge in [0.1, 0.15) is 17.9 Å². The number of nitrogens with one attached hydrogen (secondary N) is 2. The summed E-state index contributed by atoms with van der Waals surface area (Å²) >= 11 is 5.54. The molecule has 15 heteroatoms. The Morgan fingerprint density at radius 1 is 1.30 bits per heavy atom. The molecular formula is C22H28F2N3O8PS. The third kappa shape index (κ3) is 7.30. The molecule has 1 saturated heterocycles. The van der Waals surface area contributed by atoms with Gasteiger partial charge in [-0.25, -0.2) is 18.7 Å². The van der Waals surface area contributed by atoms with E-state index < -0.39 is 73.4 Å². The van der Waals surface area contributed by atoms with Crippen molar-refractivity contribution in [2.45, 2.75) is 63.7 Å². The molecule has 37 heavy (non-hydrogen) atoms. The molecule has 1 aromatic heterocycles. The van der Waals surface area contributed by atoms with Gasteiger partial charge in [0.2, 0.25) is 0 Å². The Morgan fingerprint density at radius 3 is 2.57 bits per heavy atom. The summed E-state index contributed by atoms with van der Waals surface area (Å²) in [5.41, 5.74) is -4.03. The van der Waals surface area contributed by atoms with Crippen LogP contribution in [0.2, 0.25) is 0 Å². The molecular weight excluding hydrogens is 535 g/mol. The summed E-state index contributed by atoms with van der Waals surface area (Å²) in [6.45, 7) is 0.253. The Bertz CT molecular complexity index is 1240. The highest BCUT2D eigenvalue weighted by atomic mass is 32.5. The average Bonchev–Trinajstić information content (AvgIpc) is 3.15. The molecule has 2 heterocycles. The number of hydrogen-bond donors (Lipinski definition) is 3. The second-order valence-corrected chi connectivity index (χ2v) is 11.8. The number of halogens is 2. The number of carbonyl (C=O) groups is 1. The van der Waals surface area contributed by atoms with Crippen LogP contribution in [0.1, 0.15) is 33.4 Å². The van der Waals surface area contributed by atoms with Crippen molar-refractivity contribution in [3.8, 4) is 5.75 Å². The van der Waals surface area contributed by atoms with Crippen LogP contribution < -0.4 is 20.9 Å². The van der Waals surface area contributed by atoms with Crippen LogP contribution in [0, 0.1) is 0 Å². The van der Waals surface area contributed by atoms with Crippen LogP contribution in [0.3, 0.4) is 0 Å². The number of ether oxygens (including phenoxy) is 2. The van der Waals surface area contributed by atoms with Crippen LogP contribution in [0.4, 0.5) is 8.78 Å². The third-order valence-electron chi connectivity index (χ3n) is 5.27. The largest absolute Gasteiger partial charge is 0.462 e. The van der Waals surface area contributed by atoms with Gasteiger partial charge in [-0.3, -0.25) is 19.1 Å². The van der Waals surface area contributed by atoms with E-state index in [9.17, 15) is 28.3 Å². The first kappa shape index (κ1) is 29.1. The SMILES string of the molecule is CC(C)OC(=O)[C@H](C)NP(=S)(OC[C@]1(C(F)F)C[C@@H](O)[C@H](n2ccc(=O)[nH]c2=O)O1)Oc1ccccc1. The molecule has 0 amide bonds. The molecule has 0 aliphatic carbocycles. The van der Waals surface area contributed by atoms with Crippen molar-refractivity contribution < 1.29 is 37.2 Å². The number of aromatic amines is 1. The van der Waals surface area contributed by atoms with Crippen molar-refractivity contribution in [1.29, 1.82) is 0 Å². The van der Waals surface area contributed by atoms with E-state index in [1.807, 2.05) is 4.98 Å². The van der Waals surface area contributed by atoms with Gasteiger partial charge in [0.15, 0.2) is 11.8 Å². The molecule has 1 aliphatic heterocycles. The summed E-state index contributed by atoms with van der Waals surface area (Å²) < 4.78 is 51.7. The minimum atomic E-state index is -3.69. The lowest BCUT2D eigenvalue weighted by atomic mass is 10.0. The van der Waals surface area contributed by atoms with Gasteiger partial charge in [-0.15, -0.1) is 0 Å². The molecule has 1 aromatic carbocycles. The van der Waals surface area contributed by atoms with E-state index in [1.54, 1.807) is 44.2 Å². The summed E-state index contributed by atoms with van der Waals surface area (Å²) in [5, 5.41) is 13.2. The van der Waals surface area contributed by atoms with Crippen molar-refractivity contribution in [1.82, 2.24) is 14.6 Å².